The molecular weight excluding hydrogens is 428 g/mol. The first-order chi connectivity index (χ1) is 15.4. The molecule has 0 unspecified atom stereocenters. The Kier molecular flexibility index (Phi) is 6.18. The van der Waals surface area contributed by atoms with E-state index in [1.54, 1.807) is 36.5 Å². The van der Waals surface area contributed by atoms with Crippen LogP contribution in [-0.4, -0.2) is 36.2 Å². The molecule has 0 atom stereocenters. The summed E-state index contributed by atoms with van der Waals surface area (Å²) in [5.41, 5.74) is 3.65. The predicted molar refractivity (Wildman–Crippen MR) is 125 cm³/mol. The zero-order valence-corrected chi connectivity index (χ0v) is 18.4. The van der Waals surface area contributed by atoms with E-state index in [4.69, 9.17) is 21.3 Å². The molecule has 0 fully saturated rings. The van der Waals surface area contributed by atoms with E-state index in [-0.39, 0.29) is 24.8 Å². The quantitative estimate of drug-likeness (QED) is 0.620. The van der Waals surface area contributed by atoms with Crippen molar-refractivity contribution >= 4 is 46.3 Å². The van der Waals surface area contributed by atoms with Crippen LogP contribution in [0.4, 0.5) is 17.2 Å². The summed E-state index contributed by atoms with van der Waals surface area (Å²) in [5, 5.41) is 3.14. The molecule has 32 heavy (non-hydrogen) atoms. The molecule has 2 amide bonds. The van der Waals surface area contributed by atoms with Crippen molar-refractivity contribution in [3.05, 3.63) is 76.9 Å². The summed E-state index contributed by atoms with van der Waals surface area (Å²) in [6.07, 6.45) is 1.63. The molecule has 8 heteroatoms. The number of aryl methyl sites for hydroxylation is 1. The molecule has 0 aliphatic carbocycles. The standard InChI is InChI=1S/C24H21ClN4O3/c1-15-5-7-16(8-6-15)20-13-23(31)29(24-19(28-20)4-3-11-26-24)14-22(30)27-17-9-10-21(32-2)18(25)12-17/h3-12H,13-14H2,1-2H3,(H,27,30). The Balaban J connectivity index is 1.58. The molecule has 162 valence electrons. The molecule has 0 spiro atoms. The second kappa shape index (κ2) is 9.20. The number of hydrogen-bond donors (Lipinski definition) is 1. The van der Waals surface area contributed by atoms with Gasteiger partial charge >= 0.3 is 0 Å². The van der Waals surface area contributed by atoms with Crippen molar-refractivity contribution in [2.45, 2.75) is 13.3 Å². The minimum atomic E-state index is -0.380. The van der Waals surface area contributed by atoms with Crippen molar-refractivity contribution in [3.8, 4) is 5.75 Å². The number of rotatable bonds is 5. The van der Waals surface area contributed by atoms with Crippen LogP contribution in [0.2, 0.25) is 5.02 Å². The summed E-state index contributed by atoms with van der Waals surface area (Å²) in [6, 6.07) is 16.3. The maximum Gasteiger partial charge on any atom is 0.244 e. The largest absolute Gasteiger partial charge is 0.495 e. The van der Waals surface area contributed by atoms with Crippen molar-refractivity contribution in [1.29, 1.82) is 0 Å². The summed E-state index contributed by atoms with van der Waals surface area (Å²) >= 11 is 6.13. The number of methoxy groups -OCH3 is 1. The lowest BCUT2D eigenvalue weighted by atomic mass is 10.1. The number of carbonyl (C=O) groups is 2. The van der Waals surface area contributed by atoms with E-state index < -0.39 is 0 Å². The predicted octanol–water partition coefficient (Wildman–Crippen LogP) is 4.55. The third-order valence-corrected chi connectivity index (χ3v) is 5.31. The van der Waals surface area contributed by atoms with Gasteiger partial charge in [-0.1, -0.05) is 41.4 Å². The summed E-state index contributed by atoms with van der Waals surface area (Å²) < 4.78 is 5.13. The number of benzene rings is 2. The van der Waals surface area contributed by atoms with Crippen LogP contribution in [0.25, 0.3) is 0 Å². The number of halogens is 1. The second-order valence-electron chi connectivity index (χ2n) is 7.32. The van der Waals surface area contributed by atoms with Gasteiger partial charge in [0.25, 0.3) is 0 Å². The van der Waals surface area contributed by atoms with Crippen LogP contribution in [0.5, 0.6) is 5.75 Å². The van der Waals surface area contributed by atoms with E-state index in [1.807, 2.05) is 31.2 Å². The number of amides is 2. The average Bonchev–Trinajstić information content (AvgIpc) is 2.91. The second-order valence-corrected chi connectivity index (χ2v) is 7.73. The highest BCUT2D eigenvalue weighted by Crippen LogP contribution is 2.31. The van der Waals surface area contributed by atoms with E-state index in [1.165, 1.54) is 12.0 Å². The molecule has 3 aromatic rings. The molecule has 1 aliphatic heterocycles. The number of ether oxygens (including phenoxy) is 1. The average molecular weight is 449 g/mol. The molecule has 0 bridgehead atoms. The fourth-order valence-electron chi connectivity index (χ4n) is 3.39. The highest BCUT2D eigenvalue weighted by molar-refractivity contribution is 6.32. The van der Waals surface area contributed by atoms with Gasteiger partial charge in [0.2, 0.25) is 11.8 Å². The molecule has 0 saturated heterocycles. The Labute approximate surface area is 190 Å². The lowest BCUT2D eigenvalue weighted by Crippen LogP contribution is -2.39. The van der Waals surface area contributed by atoms with Crippen molar-refractivity contribution in [2.75, 3.05) is 23.9 Å². The van der Waals surface area contributed by atoms with Crippen LogP contribution in [-0.2, 0) is 9.59 Å². The number of nitrogens with zero attached hydrogens (tertiary/aromatic N) is 3. The first kappa shape index (κ1) is 21.5. The molecule has 0 saturated carbocycles. The molecule has 4 rings (SSSR count). The molecule has 0 radical (unpaired) electrons. The Morgan fingerprint density at radius 2 is 1.97 bits per heavy atom. The highest BCUT2D eigenvalue weighted by atomic mass is 35.5. The van der Waals surface area contributed by atoms with E-state index in [2.05, 4.69) is 10.3 Å². The number of aromatic nitrogens is 1. The van der Waals surface area contributed by atoms with Gasteiger partial charge in [-0.05, 0) is 42.8 Å². The number of hydrogen-bond acceptors (Lipinski definition) is 5. The van der Waals surface area contributed by atoms with E-state index in [9.17, 15) is 9.59 Å². The Morgan fingerprint density at radius 1 is 1.19 bits per heavy atom. The number of anilines is 2. The molecule has 1 N–H and O–H groups in total. The zero-order chi connectivity index (χ0) is 22.7. The first-order valence-electron chi connectivity index (χ1n) is 9.98. The molecule has 1 aromatic heterocycles. The van der Waals surface area contributed by atoms with Crippen LogP contribution in [0.3, 0.4) is 0 Å². The van der Waals surface area contributed by atoms with Gasteiger partial charge in [-0.2, -0.15) is 0 Å². The first-order valence-corrected chi connectivity index (χ1v) is 10.4. The minimum absolute atomic E-state index is 0.0566. The topological polar surface area (TPSA) is 83.9 Å². The third kappa shape index (κ3) is 4.63. The van der Waals surface area contributed by atoms with Crippen molar-refractivity contribution in [3.63, 3.8) is 0 Å². The number of carbonyl (C=O) groups excluding carboxylic acids is 2. The van der Waals surface area contributed by atoms with Gasteiger partial charge in [0.05, 0.1) is 24.3 Å². The maximum atomic E-state index is 13.1. The molecule has 2 aromatic carbocycles. The van der Waals surface area contributed by atoms with E-state index in [0.717, 1.165) is 11.1 Å². The number of pyridine rings is 1. The lowest BCUT2D eigenvalue weighted by molar-refractivity contribution is -0.120. The van der Waals surface area contributed by atoms with E-state index in [0.29, 0.717) is 33.7 Å². The van der Waals surface area contributed by atoms with Gasteiger partial charge in [-0.15, -0.1) is 0 Å². The minimum Gasteiger partial charge on any atom is -0.495 e. The van der Waals surface area contributed by atoms with Gasteiger partial charge in [0.1, 0.15) is 18.0 Å². The monoisotopic (exact) mass is 448 g/mol. The zero-order valence-electron chi connectivity index (χ0n) is 17.6. The van der Waals surface area contributed by atoms with Crippen molar-refractivity contribution < 1.29 is 14.3 Å². The number of aliphatic imine (C=N–C) groups is 1. The summed E-state index contributed by atoms with van der Waals surface area (Å²) in [4.78, 5) is 36.3. The Hall–Kier alpha value is -3.71. The van der Waals surface area contributed by atoms with Crippen LogP contribution < -0.4 is 15.0 Å². The Morgan fingerprint density at radius 3 is 2.69 bits per heavy atom. The van der Waals surface area contributed by atoms with Gasteiger partial charge in [-0.25, -0.2) is 9.98 Å². The van der Waals surface area contributed by atoms with Gasteiger partial charge < -0.3 is 10.1 Å². The third-order valence-electron chi connectivity index (χ3n) is 5.02. The fraction of sp³-hybridized carbons (Fsp3) is 0.167. The molecule has 7 nitrogen and oxygen atoms in total. The van der Waals surface area contributed by atoms with Crippen LogP contribution in [0, 0.1) is 6.92 Å². The number of nitrogens with one attached hydrogen (secondary N) is 1. The van der Waals surface area contributed by atoms with Gasteiger partial charge in [0.15, 0.2) is 5.82 Å². The normalized spacial score (nSPS) is 13.2. The van der Waals surface area contributed by atoms with Gasteiger partial charge in [0, 0.05) is 11.9 Å². The van der Waals surface area contributed by atoms with Crippen LogP contribution in [0.15, 0.2) is 65.8 Å². The fourth-order valence-corrected chi connectivity index (χ4v) is 3.65. The number of fused-ring (bicyclic) bond motifs is 1. The summed E-state index contributed by atoms with van der Waals surface area (Å²) in [5.74, 6) is 0.216. The van der Waals surface area contributed by atoms with Crippen LogP contribution >= 0.6 is 11.6 Å². The van der Waals surface area contributed by atoms with E-state index >= 15 is 0 Å². The SMILES string of the molecule is COc1ccc(NC(=O)CN2C(=O)CC(c3ccc(C)cc3)=Nc3cccnc32)cc1Cl. The van der Waals surface area contributed by atoms with Crippen molar-refractivity contribution in [2.24, 2.45) is 4.99 Å². The van der Waals surface area contributed by atoms with Crippen molar-refractivity contribution in [1.82, 2.24) is 4.98 Å². The van der Waals surface area contributed by atoms with Crippen LogP contribution in [0.1, 0.15) is 17.5 Å². The smallest absolute Gasteiger partial charge is 0.244 e. The lowest BCUT2D eigenvalue weighted by Gasteiger charge is -2.20. The molecule has 1 aliphatic rings. The Bertz CT molecular complexity index is 1210. The highest BCUT2D eigenvalue weighted by Gasteiger charge is 2.27. The summed E-state index contributed by atoms with van der Waals surface area (Å²) in [7, 11) is 1.52. The maximum absolute atomic E-state index is 13.1. The van der Waals surface area contributed by atoms with Gasteiger partial charge in [-0.3, -0.25) is 14.5 Å². The molecule has 2 heterocycles. The molecular formula is C24H21ClN4O3. The summed E-state index contributed by atoms with van der Waals surface area (Å²) in [6.45, 7) is 1.79.